The van der Waals surface area contributed by atoms with Gasteiger partial charge in [-0.3, -0.25) is 4.90 Å². The Kier molecular flexibility index (Phi) is 6.53. The number of hydrogen-bond acceptors (Lipinski definition) is 3. The fourth-order valence-corrected chi connectivity index (χ4v) is 2.16. The summed E-state index contributed by atoms with van der Waals surface area (Å²) in [4.78, 5) is 1.16. The third kappa shape index (κ3) is 7.91. The van der Waals surface area contributed by atoms with Crippen LogP contribution in [0.2, 0.25) is 0 Å². The van der Waals surface area contributed by atoms with Crippen LogP contribution in [0.15, 0.2) is 0 Å². The van der Waals surface area contributed by atoms with E-state index in [2.05, 4.69) is 10.1 Å². The Bertz CT molecular complexity index is 275. The van der Waals surface area contributed by atoms with Crippen LogP contribution in [0, 0.1) is 0 Å². The van der Waals surface area contributed by atoms with Crippen molar-refractivity contribution < 1.29 is 31.1 Å². The van der Waals surface area contributed by atoms with Gasteiger partial charge in [-0.1, -0.05) is 0 Å². The Morgan fingerprint density at radius 1 is 1.00 bits per heavy atom. The number of ether oxygens (including phenoxy) is 1. The summed E-state index contributed by atoms with van der Waals surface area (Å²) in [6, 6.07) is -0.271. The summed E-state index contributed by atoms with van der Waals surface area (Å²) < 4.78 is 77.5. The summed E-state index contributed by atoms with van der Waals surface area (Å²) in [6.45, 7) is -1.84. The van der Waals surface area contributed by atoms with Gasteiger partial charge in [-0.2, -0.15) is 26.3 Å². The van der Waals surface area contributed by atoms with Crippen molar-refractivity contribution in [3.8, 4) is 0 Å². The van der Waals surface area contributed by atoms with Gasteiger partial charge >= 0.3 is 12.4 Å². The Labute approximate surface area is 113 Å². The van der Waals surface area contributed by atoms with Gasteiger partial charge in [0.2, 0.25) is 0 Å². The molecule has 3 nitrogen and oxygen atoms in total. The average molecular weight is 308 g/mol. The second kappa shape index (κ2) is 7.46. The van der Waals surface area contributed by atoms with E-state index in [1.54, 1.807) is 0 Å². The van der Waals surface area contributed by atoms with E-state index in [4.69, 9.17) is 0 Å². The van der Waals surface area contributed by atoms with Crippen LogP contribution >= 0.6 is 0 Å². The lowest BCUT2D eigenvalue weighted by atomic mass is 10.0. The molecule has 0 atom stereocenters. The highest BCUT2D eigenvalue weighted by Crippen LogP contribution is 2.21. The zero-order valence-corrected chi connectivity index (χ0v) is 10.9. The number of rotatable bonds is 6. The molecule has 1 aliphatic rings. The molecule has 1 fully saturated rings. The maximum absolute atomic E-state index is 12.5. The summed E-state index contributed by atoms with van der Waals surface area (Å²) in [5, 5.41) is 3.03. The van der Waals surface area contributed by atoms with E-state index in [1.807, 2.05) is 0 Å². The summed E-state index contributed by atoms with van der Waals surface area (Å²) in [6.07, 6.45) is -7.72. The molecule has 9 heteroatoms. The van der Waals surface area contributed by atoms with Crippen LogP contribution in [0.4, 0.5) is 26.3 Å². The molecule has 1 saturated heterocycles. The maximum atomic E-state index is 12.5. The Morgan fingerprint density at radius 2 is 1.60 bits per heavy atom. The van der Waals surface area contributed by atoms with Gasteiger partial charge in [0.25, 0.3) is 0 Å². The molecule has 120 valence electrons. The largest absolute Gasteiger partial charge is 0.411 e. The first kappa shape index (κ1) is 17.5. The molecule has 0 aromatic carbocycles. The predicted octanol–water partition coefficient (Wildman–Crippen LogP) is 2.18. The third-order valence-electron chi connectivity index (χ3n) is 3.00. The van der Waals surface area contributed by atoms with Crippen molar-refractivity contribution in [1.29, 1.82) is 0 Å². The smallest absolute Gasteiger partial charge is 0.371 e. The molecule has 0 aromatic heterocycles. The van der Waals surface area contributed by atoms with Crippen LogP contribution in [0.25, 0.3) is 0 Å². The second-order valence-electron chi connectivity index (χ2n) is 4.73. The monoisotopic (exact) mass is 308 g/mol. The van der Waals surface area contributed by atoms with Crippen molar-refractivity contribution >= 4 is 0 Å². The normalized spacial score (nSPS) is 18.8. The number of nitrogens with zero attached hydrogens (tertiary/aromatic N) is 1. The Balaban J connectivity index is 2.41. The third-order valence-corrected chi connectivity index (χ3v) is 3.00. The highest BCUT2D eigenvalue weighted by atomic mass is 19.4. The number of nitrogens with one attached hydrogen (secondary N) is 1. The lowest BCUT2D eigenvalue weighted by Gasteiger charge is -2.35. The highest BCUT2D eigenvalue weighted by Gasteiger charge is 2.34. The minimum atomic E-state index is -4.45. The van der Waals surface area contributed by atoms with Gasteiger partial charge in [0.1, 0.15) is 6.61 Å². The molecule has 20 heavy (non-hydrogen) atoms. The first-order valence-corrected chi connectivity index (χ1v) is 6.33. The summed E-state index contributed by atoms with van der Waals surface area (Å²) >= 11 is 0. The minimum absolute atomic E-state index is 0.153. The number of piperidine rings is 1. The van der Waals surface area contributed by atoms with Crippen molar-refractivity contribution in [2.45, 2.75) is 31.2 Å². The molecule has 1 N–H and O–H groups in total. The quantitative estimate of drug-likeness (QED) is 0.601. The molecule has 0 amide bonds. The van der Waals surface area contributed by atoms with E-state index in [0.717, 1.165) is 4.90 Å². The lowest BCUT2D eigenvalue weighted by Crippen LogP contribution is -2.48. The van der Waals surface area contributed by atoms with Gasteiger partial charge in [0, 0.05) is 12.6 Å². The summed E-state index contributed by atoms with van der Waals surface area (Å²) in [7, 11) is 0. The molecule has 0 radical (unpaired) electrons. The number of alkyl halides is 6. The average Bonchev–Trinajstić information content (AvgIpc) is 2.31. The molecule has 0 aliphatic carbocycles. The van der Waals surface area contributed by atoms with Crippen LogP contribution in [-0.4, -0.2) is 62.7 Å². The molecule has 1 aliphatic heterocycles. The van der Waals surface area contributed by atoms with Gasteiger partial charge in [0.15, 0.2) is 0 Å². The molecule has 0 spiro atoms. The van der Waals surface area contributed by atoms with Crippen LogP contribution in [0.5, 0.6) is 0 Å². The van der Waals surface area contributed by atoms with E-state index in [-0.39, 0.29) is 19.2 Å². The number of hydrogen-bond donors (Lipinski definition) is 1. The second-order valence-corrected chi connectivity index (χ2v) is 4.73. The molecule has 0 unspecified atom stereocenters. The fourth-order valence-electron chi connectivity index (χ4n) is 2.16. The topological polar surface area (TPSA) is 24.5 Å². The summed E-state index contributed by atoms with van der Waals surface area (Å²) in [5.74, 6) is 0. The molecule has 1 rings (SSSR count). The number of halogens is 6. The van der Waals surface area contributed by atoms with Gasteiger partial charge < -0.3 is 10.1 Å². The van der Waals surface area contributed by atoms with E-state index < -0.39 is 25.5 Å². The Morgan fingerprint density at radius 3 is 2.10 bits per heavy atom. The van der Waals surface area contributed by atoms with Crippen LogP contribution in [-0.2, 0) is 4.74 Å². The van der Waals surface area contributed by atoms with Crippen LogP contribution in [0.3, 0.4) is 0 Å². The lowest BCUT2D eigenvalue weighted by molar-refractivity contribution is -0.179. The van der Waals surface area contributed by atoms with Crippen LogP contribution < -0.4 is 5.32 Å². The van der Waals surface area contributed by atoms with Gasteiger partial charge in [0.05, 0.1) is 13.2 Å². The molecule has 0 saturated carbocycles. The van der Waals surface area contributed by atoms with E-state index in [0.29, 0.717) is 25.9 Å². The molecule has 1 heterocycles. The van der Waals surface area contributed by atoms with E-state index in [1.165, 1.54) is 0 Å². The molecular weight excluding hydrogens is 290 g/mol. The zero-order valence-electron chi connectivity index (χ0n) is 10.9. The van der Waals surface area contributed by atoms with Gasteiger partial charge in [-0.15, -0.1) is 0 Å². The van der Waals surface area contributed by atoms with Crippen molar-refractivity contribution in [3.05, 3.63) is 0 Å². The van der Waals surface area contributed by atoms with E-state index >= 15 is 0 Å². The fraction of sp³-hybridized carbons (Fsp3) is 1.00. The van der Waals surface area contributed by atoms with Crippen molar-refractivity contribution in [2.24, 2.45) is 0 Å². The molecule has 0 aromatic rings. The van der Waals surface area contributed by atoms with Crippen molar-refractivity contribution in [1.82, 2.24) is 10.2 Å². The standard InChI is InChI=1S/C11H18F6N2O/c12-10(13,14)7-19(9-1-3-18-4-2-9)5-6-20-8-11(15,16)17/h9,18H,1-8H2. The van der Waals surface area contributed by atoms with Gasteiger partial charge in [-0.25, -0.2) is 0 Å². The van der Waals surface area contributed by atoms with Crippen molar-refractivity contribution in [2.75, 3.05) is 39.4 Å². The SMILES string of the molecule is FC(F)(F)COCCN(CC(F)(F)F)C1CCNCC1. The first-order valence-electron chi connectivity index (χ1n) is 6.33. The summed E-state index contributed by atoms with van der Waals surface area (Å²) in [5.41, 5.74) is 0. The Hall–Kier alpha value is -0.540. The molecular formula is C11H18F6N2O. The maximum Gasteiger partial charge on any atom is 0.411 e. The molecule has 0 bridgehead atoms. The zero-order chi connectivity index (χ0) is 15.2. The predicted molar refractivity (Wildman–Crippen MR) is 60.4 cm³/mol. The highest BCUT2D eigenvalue weighted by molar-refractivity contribution is 4.79. The van der Waals surface area contributed by atoms with E-state index in [9.17, 15) is 26.3 Å². The first-order chi connectivity index (χ1) is 9.17. The minimum Gasteiger partial charge on any atom is -0.371 e. The van der Waals surface area contributed by atoms with Crippen molar-refractivity contribution in [3.63, 3.8) is 0 Å². The van der Waals surface area contributed by atoms with Gasteiger partial charge in [-0.05, 0) is 25.9 Å². The van der Waals surface area contributed by atoms with Crippen LogP contribution in [0.1, 0.15) is 12.8 Å².